The third-order valence-corrected chi connectivity index (χ3v) is 3.72. The quantitative estimate of drug-likeness (QED) is 0.840. The normalized spacial score (nSPS) is 22.9. The summed E-state index contributed by atoms with van der Waals surface area (Å²) >= 11 is 1.64. The Morgan fingerprint density at radius 3 is 3.00 bits per heavy atom. The van der Waals surface area contributed by atoms with Crippen LogP contribution in [0.1, 0.15) is 29.7 Å². The first-order valence-corrected chi connectivity index (χ1v) is 6.42. The fourth-order valence-electron chi connectivity index (χ4n) is 2.14. The summed E-state index contributed by atoms with van der Waals surface area (Å²) in [6.07, 6.45) is 0.668. The van der Waals surface area contributed by atoms with Crippen LogP contribution in [0.2, 0.25) is 0 Å². The summed E-state index contributed by atoms with van der Waals surface area (Å²) in [5, 5.41) is 4.08. The van der Waals surface area contributed by atoms with Crippen molar-refractivity contribution in [3.05, 3.63) is 52.0 Å². The van der Waals surface area contributed by atoms with Gasteiger partial charge in [0.05, 0.1) is 0 Å². The second kappa shape index (κ2) is 4.13. The Kier molecular flexibility index (Phi) is 2.61. The zero-order chi connectivity index (χ0) is 11.8. The number of fused-ring (bicyclic) bond motifs is 1. The number of halogens is 1. The van der Waals surface area contributed by atoms with E-state index in [-0.39, 0.29) is 18.0 Å². The molecule has 88 valence electrons. The number of hydrogen-bond acceptors (Lipinski definition) is 3. The maximum absolute atomic E-state index is 13.1. The molecule has 0 saturated carbocycles. The lowest BCUT2D eigenvalue weighted by atomic mass is 9.95. The number of thiophene rings is 1. The SMILES string of the molecule is NC1CC(c2ccsc2)Oc2ccc(F)cc21. The van der Waals surface area contributed by atoms with Crippen molar-refractivity contribution in [1.82, 2.24) is 0 Å². The standard InChI is InChI=1S/C13H12FNOS/c14-9-1-2-12-10(5-9)11(15)6-13(16-12)8-3-4-17-7-8/h1-5,7,11,13H,6,15H2. The van der Waals surface area contributed by atoms with Crippen molar-refractivity contribution in [2.75, 3.05) is 0 Å². The van der Waals surface area contributed by atoms with E-state index in [0.717, 1.165) is 11.1 Å². The van der Waals surface area contributed by atoms with Crippen molar-refractivity contribution in [2.24, 2.45) is 5.73 Å². The van der Waals surface area contributed by atoms with Crippen LogP contribution in [0.25, 0.3) is 0 Å². The highest BCUT2D eigenvalue weighted by Gasteiger charge is 2.27. The Morgan fingerprint density at radius 1 is 1.35 bits per heavy atom. The van der Waals surface area contributed by atoms with Gasteiger partial charge in [-0.2, -0.15) is 11.3 Å². The fraction of sp³-hybridized carbons (Fsp3) is 0.231. The molecule has 0 radical (unpaired) electrons. The second-order valence-electron chi connectivity index (χ2n) is 4.19. The zero-order valence-electron chi connectivity index (χ0n) is 9.10. The minimum absolute atomic E-state index is 0.0192. The highest BCUT2D eigenvalue weighted by atomic mass is 32.1. The predicted octanol–water partition coefficient (Wildman–Crippen LogP) is 3.41. The van der Waals surface area contributed by atoms with E-state index in [9.17, 15) is 4.39 Å². The first kappa shape index (κ1) is 10.7. The fourth-order valence-corrected chi connectivity index (χ4v) is 2.84. The van der Waals surface area contributed by atoms with E-state index in [0.29, 0.717) is 12.2 Å². The van der Waals surface area contributed by atoms with Crippen LogP contribution in [0.3, 0.4) is 0 Å². The van der Waals surface area contributed by atoms with Crippen molar-refractivity contribution in [2.45, 2.75) is 18.6 Å². The highest BCUT2D eigenvalue weighted by molar-refractivity contribution is 7.07. The molecule has 2 atom stereocenters. The highest BCUT2D eigenvalue weighted by Crippen LogP contribution is 2.40. The summed E-state index contributed by atoms with van der Waals surface area (Å²) in [7, 11) is 0. The molecule has 2 aromatic rings. The van der Waals surface area contributed by atoms with Gasteiger partial charge in [0.15, 0.2) is 0 Å². The summed E-state index contributed by atoms with van der Waals surface area (Å²) in [6.45, 7) is 0. The molecule has 1 aliphatic heterocycles. The van der Waals surface area contributed by atoms with Crippen molar-refractivity contribution in [3.63, 3.8) is 0 Å². The van der Waals surface area contributed by atoms with Crippen LogP contribution in [-0.2, 0) is 0 Å². The number of ether oxygens (including phenoxy) is 1. The van der Waals surface area contributed by atoms with E-state index in [2.05, 4.69) is 5.38 Å². The van der Waals surface area contributed by atoms with Crippen LogP contribution in [0.4, 0.5) is 4.39 Å². The summed E-state index contributed by atoms with van der Waals surface area (Å²) in [5.74, 6) is 0.429. The van der Waals surface area contributed by atoms with Crippen molar-refractivity contribution >= 4 is 11.3 Å². The average Bonchev–Trinajstić information content (AvgIpc) is 2.83. The largest absolute Gasteiger partial charge is 0.485 e. The van der Waals surface area contributed by atoms with Crippen molar-refractivity contribution < 1.29 is 9.13 Å². The number of rotatable bonds is 1. The minimum atomic E-state index is -0.267. The number of nitrogens with two attached hydrogens (primary N) is 1. The smallest absolute Gasteiger partial charge is 0.126 e. The monoisotopic (exact) mass is 249 g/mol. The molecule has 2 N–H and O–H groups in total. The van der Waals surface area contributed by atoms with Crippen LogP contribution >= 0.6 is 11.3 Å². The van der Waals surface area contributed by atoms with Gasteiger partial charge in [0.25, 0.3) is 0 Å². The van der Waals surface area contributed by atoms with Crippen LogP contribution in [0.15, 0.2) is 35.0 Å². The van der Waals surface area contributed by atoms with E-state index in [4.69, 9.17) is 10.5 Å². The van der Waals surface area contributed by atoms with Gasteiger partial charge in [-0.15, -0.1) is 0 Å². The van der Waals surface area contributed by atoms with Crippen LogP contribution in [-0.4, -0.2) is 0 Å². The lowest BCUT2D eigenvalue weighted by Gasteiger charge is -2.30. The Hall–Kier alpha value is -1.39. The van der Waals surface area contributed by atoms with Gasteiger partial charge in [-0.25, -0.2) is 4.39 Å². The van der Waals surface area contributed by atoms with Gasteiger partial charge >= 0.3 is 0 Å². The Morgan fingerprint density at radius 2 is 2.24 bits per heavy atom. The van der Waals surface area contributed by atoms with Crippen LogP contribution < -0.4 is 10.5 Å². The molecule has 0 amide bonds. The molecule has 1 aromatic heterocycles. The third-order valence-electron chi connectivity index (χ3n) is 3.02. The molecule has 2 heterocycles. The zero-order valence-corrected chi connectivity index (χ0v) is 9.91. The average molecular weight is 249 g/mol. The van der Waals surface area contributed by atoms with Gasteiger partial charge in [0, 0.05) is 23.6 Å². The van der Waals surface area contributed by atoms with E-state index < -0.39 is 0 Å². The number of hydrogen-bond donors (Lipinski definition) is 1. The van der Waals surface area contributed by atoms with Crippen LogP contribution in [0, 0.1) is 5.82 Å². The number of benzene rings is 1. The van der Waals surface area contributed by atoms with E-state index in [1.165, 1.54) is 12.1 Å². The lowest BCUT2D eigenvalue weighted by Crippen LogP contribution is -2.24. The summed E-state index contributed by atoms with van der Waals surface area (Å²) < 4.78 is 19.0. The Labute approximate surface area is 103 Å². The van der Waals surface area contributed by atoms with E-state index in [1.54, 1.807) is 17.4 Å². The maximum Gasteiger partial charge on any atom is 0.126 e. The molecule has 4 heteroatoms. The van der Waals surface area contributed by atoms with Gasteiger partial charge in [-0.05, 0) is 35.0 Å². The molecule has 1 aromatic carbocycles. The predicted molar refractivity (Wildman–Crippen MR) is 65.6 cm³/mol. The molecule has 0 bridgehead atoms. The summed E-state index contributed by atoms with van der Waals surface area (Å²) in [4.78, 5) is 0. The molecule has 0 saturated heterocycles. The second-order valence-corrected chi connectivity index (χ2v) is 4.97. The molecular formula is C13H12FNOS. The molecule has 2 unspecified atom stereocenters. The third kappa shape index (κ3) is 1.94. The van der Waals surface area contributed by atoms with Gasteiger partial charge in [0.1, 0.15) is 17.7 Å². The molecular weight excluding hydrogens is 237 g/mol. The van der Waals surface area contributed by atoms with Gasteiger partial charge < -0.3 is 10.5 Å². The summed E-state index contributed by atoms with van der Waals surface area (Å²) in [6, 6.07) is 6.39. The molecule has 0 fully saturated rings. The molecule has 17 heavy (non-hydrogen) atoms. The first-order valence-electron chi connectivity index (χ1n) is 5.48. The maximum atomic E-state index is 13.1. The molecule has 0 spiro atoms. The van der Waals surface area contributed by atoms with Gasteiger partial charge in [0.2, 0.25) is 0 Å². The summed E-state index contributed by atoms with van der Waals surface area (Å²) in [5.41, 5.74) is 7.97. The van der Waals surface area contributed by atoms with E-state index >= 15 is 0 Å². The minimum Gasteiger partial charge on any atom is -0.485 e. The molecule has 3 rings (SSSR count). The van der Waals surface area contributed by atoms with Crippen LogP contribution in [0.5, 0.6) is 5.75 Å². The topological polar surface area (TPSA) is 35.2 Å². The van der Waals surface area contributed by atoms with Gasteiger partial charge in [-0.3, -0.25) is 0 Å². The Bertz CT molecular complexity index is 526. The lowest BCUT2D eigenvalue weighted by molar-refractivity contribution is 0.161. The molecule has 0 aliphatic carbocycles. The van der Waals surface area contributed by atoms with Crippen molar-refractivity contribution in [3.8, 4) is 5.75 Å². The molecule has 1 aliphatic rings. The molecule has 2 nitrogen and oxygen atoms in total. The van der Waals surface area contributed by atoms with E-state index in [1.807, 2.05) is 11.4 Å². The van der Waals surface area contributed by atoms with Crippen molar-refractivity contribution in [1.29, 1.82) is 0 Å². The Balaban J connectivity index is 1.96. The first-order chi connectivity index (χ1) is 8.24. The van der Waals surface area contributed by atoms with Gasteiger partial charge in [-0.1, -0.05) is 0 Å².